The summed E-state index contributed by atoms with van der Waals surface area (Å²) in [5.41, 5.74) is 2.63. The average Bonchev–Trinajstić information content (AvgIpc) is 3.41. The van der Waals surface area contributed by atoms with Gasteiger partial charge in [0.2, 0.25) is 10.0 Å². The number of rotatable bonds is 8. The van der Waals surface area contributed by atoms with Gasteiger partial charge in [-0.25, -0.2) is 18.0 Å². The maximum atomic E-state index is 13.7. The highest BCUT2D eigenvalue weighted by Crippen LogP contribution is 2.32. The van der Waals surface area contributed by atoms with Gasteiger partial charge in [-0.2, -0.15) is 4.72 Å². The number of carbonyl (C=O) groups excluding carboxylic acids is 1. The number of sulfonamides is 1. The van der Waals surface area contributed by atoms with Gasteiger partial charge < -0.3 is 18.9 Å². The second-order valence-corrected chi connectivity index (χ2v) is 12.1. The quantitative estimate of drug-likeness (QED) is 0.102. The zero-order valence-electron chi connectivity index (χ0n) is 23.6. The second-order valence-electron chi connectivity index (χ2n) is 10.3. The highest BCUT2D eigenvalue weighted by molar-refractivity contribution is 7.89. The van der Waals surface area contributed by atoms with E-state index in [9.17, 15) is 18.0 Å². The van der Waals surface area contributed by atoms with E-state index in [0.29, 0.717) is 27.5 Å². The van der Waals surface area contributed by atoms with E-state index in [0.717, 1.165) is 22.0 Å². The second kappa shape index (κ2) is 11.0. The van der Waals surface area contributed by atoms with E-state index in [1.165, 1.54) is 19.2 Å². The van der Waals surface area contributed by atoms with Crippen LogP contribution in [0.3, 0.4) is 0 Å². The minimum atomic E-state index is -4.08. The van der Waals surface area contributed by atoms with Crippen molar-refractivity contribution in [1.82, 2.24) is 9.71 Å². The van der Waals surface area contributed by atoms with Crippen LogP contribution >= 0.6 is 0 Å². The van der Waals surface area contributed by atoms with Gasteiger partial charge in [-0.1, -0.05) is 35.9 Å². The molecule has 1 atom stereocenters. The summed E-state index contributed by atoms with van der Waals surface area (Å²) >= 11 is 0. The molecule has 0 aliphatic carbocycles. The van der Waals surface area contributed by atoms with Crippen molar-refractivity contribution in [3.8, 4) is 11.5 Å². The topological polar surface area (TPSA) is 128 Å². The molecule has 4 aromatic carbocycles. The average molecular weight is 597 g/mol. The molecule has 0 amide bonds. The number of ether oxygens (including phenoxy) is 2. The summed E-state index contributed by atoms with van der Waals surface area (Å²) < 4.78 is 46.0. The number of carbonyl (C=O) groups is 1. The summed E-state index contributed by atoms with van der Waals surface area (Å²) in [7, 11) is -2.57. The zero-order chi connectivity index (χ0) is 30.3. The normalized spacial score (nSPS) is 12.5. The van der Waals surface area contributed by atoms with Crippen molar-refractivity contribution >= 4 is 48.6 Å². The lowest BCUT2D eigenvalue weighted by Crippen LogP contribution is -2.44. The molecule has 43 heavy (non-hydrogen) atoms. The lowest BCUT2D eigenvalue weighted by molar-refractivity contribution is -0.136. The Morgan fingerprint density at radius 3 is 2.44 bits per heavy atom. The third-order valence-electron chi connectivity index (χ3n) is 7.51. The highest BCUT2D eigenvalue weighted by Gasteiger charge is 2.29. The van der Waals surface area contributed by atoms with Crippen LogP contribution in [0.5, 0.6) is 11.5 Å². The predicted molar refractivity (Wildman–Crippen MR) is 164 cm³/mol. The summed E-state index contributed by atoms with van der Waals surface area (Å²) in [4.78, 5) is 29.7. The van der Waals surface area contributed by atoms with Gasteiger partial charge in [0.05, 0.1) is 17.4 Å². The van der Waals surface area contributed by atoms with Gasteiger partial charge in [-0.3, -0.25) is 0 Å². The molecule has 2 N–H and O–H groups in total. The number of hydrogen-bond donors (Lipinski definition) is 2. The molecule has 0 saturated heterocycles. The van der Waals surface area contributed by atoms with Gasteiger partial charge >= 0.3 is 11.6 Å². The minimum absolute atomic E-state index is 0.0296. The molecule has 0 aliphatic rings. The molecule has 2 aromatic heterocycles. The van der Waals surface area contributed by atoms with Crippen LogP contribution in [-0.2, 0) is 21.2 Å². The standard InChI is InChI=1S/C33H28N2O7S/c1-19-8-11-23(12-9-19)43(38,39)35-29(16-21-18-34-28-7-5-4-6-24(21)28)33(37)41-30-15-14-26-25-13-10-22(40-3)17-27(25)32(36)42-31(26)20(30)2/h4-15,17-18,29,34-35H,16H2,1-3H3/t29-/m0/s1. The van der Waals surface area contributed by atoms with Crippen LogP contribution in [0.1, 0.15) is 16.7 Å². The maximum Gasteiger partial charge on any atom is 0.344 e. The number of hydrogen-bond acceptors (Lipinski definition) is 7. The lowest BCUT2D eigenvalue weighted by atomic mass is 10.0. The van der Waals surface area contributed by atoms with E-state index in [4.69, 9.17) is 13.9 Å². The molecule has 0 unspecified atom stereocenters. The fourth-order valence-electron chi connectivity index (χ4n) is 5.18. The monoisotopic (exact) mass is 596 g/mol. The number of para-hydroxylation sites is 1. The van der Waals surface area contributed by atoms with E-state index in [1.54, 1.807) is 55.6 Å². The van der Waals surface area contributed by atoms with Crippen LogP contribution in [0, 0.1) is 13.8 Å². The van der Waals surface area contributed by atoms with Crippen molar-refractivity contribution in [2.75, 3.05) is 7.11 Å². The number of methoxy groups -OCH3 is 1. The Balaban J connectivity index is 1.37. The summed E-state index contributed by atoms with van der Waals surface area (Å²) in [6, 6.07) is 21.1. The molecule has 0 bridgehead atoms. The number of fused-ring (bicyclic) bond motifs is 4. The molecular weight excluding hydrogens is 568 g/mol. The zero-order valence-corrected chi connectivity index (χ0v) is 24.4. The van der Waals surface area contributed by atoms with Crippen molar-refractivity contribution in [2.24, 2.45) is 0 Å². The fourth-order valence-corrected chi connectivity index (χ4v) is 6.36. The van der Waals surface area contributed by atoms with Crippen LogP contribution in [0.4, 0.5) is 0 Å². The molecule has 6 aromatic rings. The fraction of sp³-hybridized carbons (Fsp3) is 0.152. The number of aromatic amines is 1. The van der Waals surface area contributed by atoms with Crippen LogP contribution in [0.15, 0.2) is 99.2 Å². The van der Waals surface area contributed by atoms with E-state index < -0.39 is 27.7 Å². The van der Waals surface area contributed by atoms with Crippen LogP contribution < -0.4 is 19.8 Å². The molecule has 0 fully saturated rings. The van der Waals surface area contributed by atoms with Gasteiger partial charge in [0.1, 0.15) is 23.1 Å². The molecule has 0 saturated carbocycles. The molecule has 10 heteroatoms. The number of benzene rings is 4. The van der Waals surface area contributed by atoms with Crippen molar-refractivity contribution in [2.45, 2.75) is 31.2 Å². The largest absolute Gasteiger partial charge is 0.497 e. The smallest absolute Gasteiger partial charge is 0.344 e. The first-order chi connectivity index (χ1) is 20.6. The first kappa shape index (κ1) is 28.2. The Morgan fingerprint density at radius 2 is 1.67 bits per heavy atom. The molecule has 0 spiro atoms. The van der Waals surface area contributed by atoms with Crippen molar-refractivity contribution < 1.29 is 27.1 Å². The molecule has 0 radical (unpaired) electrons. The van der Waals surface area contributed by atoms with E-state index in [1.807, 2.05) is 31.2 Å². The third-order valence-corrected chi connectivity index (χ3v) is 9.00. The van der Waals surface area contributed by atoms with Gasteiger partial charge in [-0.05, 0) is 67.9 Å². The van der Waals surface area contributed by atoms with Crippen LogP contribution in [0.2, 0.25) is 0 Å². The van der Waals surface area contributed by atoms with E-state index in [2.05, 4.69) is 9.71 Å². The Kier molecular flexibility index (Phi) is 7.25. The molecule has 9 nitrogen and oxygen atoms in total. The highest BCUT2D eigenvalue weighted by atomic mass is 32.2. The minimum Gasteiger partial charge on any atom is -0.497 e. The van der Waals surface area contributed by atoms with Crippen molar-refractivity contribution in [1.29, 1.82) is 0 Å². The van der Waals surface area contributed by atoms with Gasteiger partial charge in [0.25, 0.3) is 0 Å². The van der Waals surface area contributed by atoms with Gasteiger partial charge in [-0.15, -0.1) is 0 Å². The Bertz CT molecular complexity index is 2180. The van der Waals surface area contributed by atoms with Crippen molar-refractivity contribution in [3.05, 3.63) is 112 Å². The lowest BCUT2D eigenvalue weighted by Gasteiger charge is -2.19. The number of H-pyrrole nitrogens is 1. The van der Waals surface area contributed by atoms with E-state index >= 15 is 0 Å². The summed E-state index contributed by atoms with van der Waals surface area (Å²) in [6.45, 7) is 3.53. The third kappa shape index (κ3) is 5.38. The predicted octanol–water partition coefficient (Wildman–Crippen LogP) is 5.55. The Hall–Kier alpha value is -4.93. The summed E-state index contributed by atoms with van der Waals surface area (Å²) in [5, 5.41) is 2.54. The molecule has 0 aliphatic heterocycles. The SMILES string of the molecule is COc1ccc2c(c1)c(=O)oc1c(C)c(OC(=O)[C@H](Cc3c[nH]c4ccccc34)NS(=O)(=O)c3ccc(C)cc3)ccc12. The Morgan fingerprint density at radius 1 is 0.930 bits per heavy atom. The molecule has 2 heterocycles. The number of nitrogens with one attached hydrogen (secondary N) is 2. The van der Waals surface area contributed by atoms with E-state index in [-0.39, 0.29) is 22.6 Å². The number of aryl methyl sites for hydroxylation is 2. The van der Waals surface area contributed by atoms with Crippen molar-refractivity contribution in [3.63, 3.8) is 0 Å². The summed E-state index contributed by atoms with van der Waals surface area (Å²) in [6.07, 6.45) is 1.78. The van der Waals surface area contributed by atoms with Crippen LogP contribution in [0.25, 0.3) is 32.6 Å². The maximum absolute atomic E-state index is 13.7. The first-order valence-electron chi connectivity index (χ1n) is 13.5. The van der Waals surface area contributed by atoms with Gasteiger partial charge in [0.15, 0.2) is 0 Å². The molecule has 218 valence electrons. The summed E-state index contributed by atoms with van der Waals surface area (Å²) in [5.74, 6) is -0.140. The molecular formula is C33H28N2O7S. The number of esters is 1. The molecule has 6 rings (SSSR count). The van der Waals surface area contributed by atoms with Crippen LogP contribution in [-0.4, -0.2) is 32.5 Å². The first-order valence-corrected chi connectivity index (χ1v) is 15.0. The Labute approximate surface area is 247 Å². The van der Waals surface area contributed by atoms with Gasteiger partial charge in [0, 0.05) is 39.9 Å². The number of aromatic nitrogens is 1.